The van der Waals surface area contributed by atoms with Gasteiger partial charge < -0.3 is 15.5 Å². The van der Waals surface area contributed by atoms with E-state index in [1.807, 2.05) is 11.6 Å². The molecule has 6 nitrogen and oxygen atoms in total. The van der Waals surface area contributed by atoms with Gasteiger partial charge in [0.25, 0.3) is 0 Å². The molecule has 6 heteroatoms. The highest BCUT2D eigenvalue weighted by Gasteiger charge is 2.21. The molecule has 0 radical (unpaired) electrons. The van der Waals surface area contributed by atoms with Gasteiger partial charge >= 0.3 is 0 Å². The smallest absolute Gasteiger partial charge is 0.191 e. The average molecular weight is 397 g/mol. The first-order valence-corrected chi connectivity index (χ1v) is 10.9. The molecule has 0 amide bonds. The summed E-state index contributed by atoms with van der Waals surface area (Å²) in [6.45, 7) is 14.6. The second-order valence-corrected chi connectivity index (χ2v) is 8.21. The lowest BCUT2D eigenvalue weighted by molar-refractivity contribution is 0.167. The maximum absolute atomic E-state index is 4.89. The topological polar surface area (TPSA) is 57.5 Å². The van der Waals surface area contributed by atoms with Crippen molar-refractivity contribution in [2.75, 3.05) is 19.6 Å². The van der Waals surface area contributed by atoms with Crippen molar-refractivity contribution in [2.24, 2.45) is 4.99 Å². The van der Waals surface area contributed by atoms with Crippen LogP contribution in [0.15, 0.2) is 35.3 Å². The molecule has 2 N–H and O–H groups in total. The van der Waals surface area contributed by atoms with E-state index >= 15 is 0 Å². The Balaban J connectivity index is 1.70. The van der Waals surface area contributed by atoms with E-state index < -0.39 is 0 Å². The Morgan fingerprint density at radius 3 is 2.55 bits per heavy atom. The number of hydrogen-bond acceptors (Lipinski definition) is 3. The molecule has 1 aromatic heterocycles. The second-order valence-electron chi connectivity index (χ2n) is 8.21. The van der Waals surface area contributed by atoms with Crippen molar-refractivity contribution in [3.63, 3.8) is 0 Å². The van der Waals surface area contributed by atoms with E-state index in [-0.39, 0.29) is 0 Å². The van der Waals surface area contributed by atoms with E-state index in [1.54, 1.807) is 0 Å². The highest BCUT2D eigenvalue weighted by atomic mass is 15.3. The number of nitrogens with zero attached hydrogens (tertiary/aromatic N) is 4. The van der Waals surface area contributed by atoms with Crippen molar-refractivity contribution < 1.29 is 0 Å². The first kappa shape index (κ1) is 21.4. The zero-order chi connectivity index (χ0) is 20.8. The summed E-state index contributed by atoms with van der Waals surface area (Å²) >= 11 is 0. The van der Waals surface area contributed by atoms with Gasteiger partial charge in [0.2, 0.25) is 0 Å². The van der Waals surface area contributed by atoms with Gasteiger partial charge in [-0.2, -0.15) is 5.10 Å². The predicted octanol–water partition coefficient (Wildman–Crippen LogP) is 3.42. The number of benzene rings is 1. The van der Waals surface area contributed by atoms with Crippen LogP contribution in [-0.4, -0.2) is 52.4 Å². The Morgan fingerprint density at radius 1 is 1.21 bits per heavy atom. The molecule has 0 atom stereocenters. The minimum absolute atomic E-state index is 0.481. The Kier molecular flexibility index (Phi) is 7.31. The Hall–Kier alpha value is -2.34. The minimum atomic E-state index is 0.481. The van der Waals surface area contributed by atoms with Crippen molar-refractivity contribution in [2.45, 2.75) is 66.1 Å². The number of piperidine rings is 1. The van der Waals surface area contributed by atoms with Gasteiger partial charge in [0.1, 0.15) is 0 Å². The molecular formula is C23H36N6. The van der Waals surface area contributed by atoms with E-state index in [9.17, 15) is 0 Å². The molecule has 3 rings (SSSR count). The summed E-state index contributed by atoms with van der Waals surface area (Å²) in [6, 6.07) is 11.6. The number of rotatable bonds is 6. The summed E-state index contributed by atoms with van der Waals surface area (Å²) in [7, 11) is 0. The van der Waals surface area contributed by atoms with Crippen LogP contribution < -0.4 is 10.6 Å². The summed E-state index contributed by atoms with van der Waals surface area (Å²) in [5.41, 5.74) is 4.44. The van der Waals surface area contributed by atoms with Gasteiger partial charge in [-0.1, -0.05) is 18.2 Å². The van der Waals surface area contributed by atoms with Crippen LogP contribution >= 0.6 is 0 Å². The normalized spacial score (nSPS) is 16.4. The van der Waals surface area contributed by atoms with Crippen LogP contribution in [0.1, 0.15) is 50.6 Å². The van der Waals surface area contributed by atoms with E-state index in [0.717, 1.165) is 55.5 Å². The van der Waals surface area contributed by atoms with Crippen molar-refractivity contribution in [1.82, 2.24) is 25.3 Å². The number of hydrogen-bond donors (Lipinski definition) is 2. The molecule has 1 aliphatic heterocycles. The van der Waals surface area contributed by atoms with Gasteiger partial charge in [0, 0.05) is 37.4 Å². The lowest BCUT2D eigenvalue weighted by Crippen LogP contribution is -2.49. The van der Waals surface area contributed by atoms with E-state index in [0.29, 0.717) is 18.6 Å². The molecule has 1 fully saturated rings. The van der Waals surface area contributed by atoms with Crippen molar-refractivity contribution in [3.8, 4) is 5.69 Å². The fraction of sp³-hybridized carbons (Fsp3) is 0.565. The van der Waals surface area contributed by atoms with Gasteiger partial charge in [0.05, 0.1) is 17.9 Å². The van der Waals surface area contributed by atoms with Crippen LogP contribution in [0.25, 0.3) is 5.69 Å². The van der Waals surface area contributed by atoms with Crippen LogP contribution in [0.2, 0.25) is 0 Å². The third-order valence-corrected chi connectivity index (χ3v) is 5.58. The Labute approximate surface area is 175 Å². The number of para-hydroxylation sites is 1. The fourth-order valence-electron chi connectivity index (χ4n) is 3.96. The number of aromatic nitrogens is 2. The van der Waals surface area contributed by atoms with Crippen molar-refractivity contribution >= 4 is 5.96 Å². The molecule has 0 unspecified atom stereocenters. The summed E-state index contributed by atoms with van der Waals surface area (Å²) in [5, 5.41) is 11.7. The molecular weight excluding hydrogens is 360 g/mol. The van der Waals surface area contributed by atoms with E-state index in [2.05, 4.69) is 78.7 Å². The summed E-state index contributed by atoms with van der Waals surface area (Å²) < 4.78 is 2.02. The molecule has 29 heavy (non-hydrogen) atoms. The van der Waals surface area contributed by atoms with Crippen LogP contribution in [0.5, 0.6) is 0 Å². The van der Waals surface area contributed by atoms with E-state index in [1.165, 1.54) is 5.56 Å². The number of nitrogens with one attached hydrogen (secondary N) is 2. The maximum atomic E-state index is 4.89. The molecule has 2 aromatic rings. The van der Waals surface area contributed by atoms with Crippen LogP contribution in [0.3, 0.4) is 0 Å². The van der Waals surface area contributed by atoms with Gasteiger partial charge in [-0.3, -0.25) is 0 Å². The van der Waals surface area contributed by atoms with Gasteiger partial charge in [-0.05, 0) is 65.2 Å². The zero-order valence-corrected chi connectivity index (χ0v) is 18.6. The fourth-order valence-corrected chi connectivity index (χ4v) is 3.96. The number of guanidine groups is 1. The second kappa shape index (κ2) is 9.92. The molecule has 0 spiro atoms. The third-order valence-electron chi connectivity index (χ3n) is 5.58. The Morgan fingerprint density at radius 2 is 1.93 bits per heavy atom. The molecule has 0 saturated carbocycles. The zero-order valence-electron chi connectivity index (χ0n) is 18.6. The standard InChI is InChI=1S/C23H36N6/c1-6-24-23(26-21-11-13-28(14-12-21)17(2)3)25-16-20-9-7-8-10-22(20)29-19(5)15-18(4)27-29/h7-10,15,17,21H,6,11-14,16H2,1-5H3,(H2,24,25,26). The lowest BCUT2D eigenvalue weighted by Gasteiger charge is -2.35. The van der Waals surface area contributed by atoms with Gasteiger partial charge in [0.15, 0.2) is 5.96 Å². The summed E-state index contributed by atoms with van der Waals surface area (Å²) in [6.07, 6.45) is 2.32. The SMILES string of the molecule is CCNC(=NCc1ccccc1-n1nc(C)cc1C)NC1CCN(C(C)C)CC1. The van der Waals surface area contributed by atoms with Crippen molar-refractivity contribution in [1.29, 1.82) is 0 Å². The summed E-state index contributed by atoms with van der Waals surface area (Å²) in [5.74, 6) is 0.902. The Bertz CT molecular complexity index is 815. The largest absolute Gasteiger partial charge is 0.357 e. The third kappa shape index (κ3) is 5.60. The maximum Gasteiger partial charge on any atom is 0.191 e. The molecule has 0 aliphatic carbocycles. The molecule has 1 aliphatic rings. The molecule has 1 aromatic carbocycles. The number of aliphatic imine (C=N–C) groups is 1. The molecule has 1 saturated heterocycles. The predicted molar refractivity (Wildman–Crippen MR) is 121 cm³/mol. The lowest BCUT2D eigenvalue weighted by atomic mass is 10.0. The molecule has 158 valence electrons. The van der Waals surface area contributed by atoms with Gasteiger partial charge in [-0.15, -0.1) is 0 Å². The molecule has 2 heterocycles. The average Bonchev–Trinajstić information content (AvgIpc) is 3.05. The number of likely N-dealkylation sites (tertiary alicyclic amines) is 1. The summed E-state index contributed by atoms with van der Waals surface area (Å²) in [4.78, 5) is 7.44. The van der Waals surface area contributed by atoms with E-state index in [4.69, 9.17) is 4.99 Å². The minimum Gasteiger partial charge on any atom is -0.357 e. The molecule has 0 bridgehead atoms. The van der Waals surface area contributed by atoms with Crippen LogP contribution in [-0.2, 0) is 6.54 Å². The highest BCUT2D eigenvalue weighted by Crippen LogP contribution is 2.18. The quantitative estimate of drug-likeness (QED) is 0.580. The van der Waals surface area contributed by atoms with Crippen LogP contribution in [0.4, 0.5) is 0 Å². The highest BCUT2D eigenvalue weighted by molar-refractivity contribution is 5.80. The first-order valence-electron chi connectivity index (χ1n) is 10.9. The first-order chi connectivity index (χ1) is 14.0. The monoisotopic (exact) mass is 396 g/mol. The van der Waals surface area contributed by atoms with Crippen molar-refractivity contribution in [3.05, 3.63) is 47.3 Å². The van der Waals surface area contributed by atoms with Crippen LogP contribution in [0, 0.1) is 13.8 Å². The van der Waals surface area contributed by atoms with Gasteiger partial charge in [-0.25, -0.2) is 9.67 Å². The number of aryl methyl sites for hydroxylation is 2.